The van der Waals surface area contributed by atoms with Gasteiger partial charge in [-0.1, -0.05) is 31.2 Å². The molecule has 1 fully saturated rings. The Balaban J connectivity index is 1.91. The summed E-state index contributed by atoms with van der Waals surface area (Å²) in [5.74, 6) is 3.50. The molecule has 2 N–H and O–H groups in total. The van der Waals surface area contributed by atoms with E-state index >= 15 is 0 Å². The fourth-order valence-electron chi connectivity index (χ4n) is 2.48. The van der Waals surface area contributed by atoms with Gasteiger partial charge in [-0.15, -0.1) is 0 Å². The maximum absolute atomic E-state index is 6.31. The number of aryl methyl sites for hydroxylation is 1. The molecule has 1 aliphatic heterocycles. The summed E-state index contributed by atoms with van der Waals surface area (Å²) in [4.78, 5) is 0. The molecule has 0 aliphatic carbocycles. The molecule has 0 amide bonds. The Morgan fingerprint density at radius 1 is 1.24 bits per heavy atom. The first-order valence-corrected chi connectivity index (χ1v) is 7.87. The fourth-order valence-corrected chi connectivity index (χ4v) is 3.68. The lowest BCUT2D eigenvalue weighted by molar-refractivity contribution is 0.413. The zero-order valence-electron chi connectivity index (χ0n) is 10.7. The van der Waals surface area contributed by atoms with Crippen molar-refractivity contribution < 1.29 is 0 Å². The van der Waals surface area contributed by atoms with Gasteiger partial charge in [0.1, 0.15) is 0 Å². The largest absolute Gasteiger partial charge is 0.324 e. The second-order valence-electron chi connectivity index (χ2n) is 4.99. The maximum Gasteiger partial charge on any atom is 0.0297 e. The molecule has 1 unspecified atom stereocenters. The number of hydrogen-bond acceptors (Lipinski definition) is 2. The predicted molar refractivity (Wildman–Crippen MR) is 77.4 cm³/mol. The van der Waals surface area contributed by atoms with E-state index in [2.05, 4.69) is 43.0 Å². The second kappa shape index (κ2) is 6.46. The molecule has 0 bridgehead atoms. The highest BCUT2D eigenvalue weighted by molar-refractivity contribution is 7.99. The van der Waals surface area contributed by atoms with Crippen LogP contribution in [0.5, 0.6) is 0 Å². The van der Waals surface area contributed by atoms with Gasteiger partial charge in [0.2, 0.25) is 0 Å². The van der Waals surface area contributed by atoms with Gasteiger partial charge in [0.05, 0.1) is 0 Å². The lowest BCUT2D eigenvalue weighted by Crippen LogP contribution is -2.18. The summed E-state index contributed by atoms with van der Waals surface area (Å²) < 4.78 is 0. The monoisotopic (exact) mass is 249 g/mol. The third kappa shape index (κ3) is 3.75. The van der Waals surface area contributed by atoms with Crippen LogP contribution in [0.15, 0.2) is 24.3 Å². The molecule has 0 saturated carbocycles. The second-order valence-corrected chi connectivity index (χ2v) is 6.22. The van der Waals surface area contributed by atoms with E-state index in [0.717, 1.165) is 18.8 Å². The lowest BCUT2D eigenvalue weighted by atomic mass is 9.91. The Kier molecular flexibility index (Phi) is 4.93. The summed E-state index contributed by atoms with van der Waals surface area (Å²) in [6.07, 6.45) is 4.97. The zero-order valence-corrected chi connectivity index (χ0v) is 11.5. The molecule has 0 aromatic heterocycles. The van der Waals surface area contributed by atoms with E-state index in [9.17, 15) is 0 Å². The third-order valence-corrected chi connectivity index (χ3v) is 4.79. The molecule has 1 aliphatic rings. The van der Waals surface area contributed by atoms with Crippen molar-refractivity contribution in [1.82, 2.24) is 0 Å². The lowest BCUT2D eigenvalue weighted by Gasteiger charge is -2.24. The minimum absolute atomic E-state index is 0.231. The van der Waals surface area contributed by atoms with Crippen molar-refractivity contribution in [3.8, 4) is 0 Å². The van der Waals surface area contributed by atoms with Crippen LogP contribution in [0, 0.1) is 5.92 Å². The van der Waals surface area contributed by atoms with E-state index in [1.54, 1.807) is 0 Å². The van der Waals surface area contributed by atoms with Gasteiger partial charge in [-0.05, 0) is 54.2 Å². The summed E-state index contributed by atoms with van der Waals surface area (Å²) in [6, 6.07) is 9.08. The molecule has 1 nitrogen and oxygen atoms in total. The van der Waals surface area contributed by atoms with Crippen molar-refractivity contribution >= 4 is 11.8 Å². The van der Waals surface area contributed by atoms with Crippen molar-refractivity contribution in [2.45, 2.75) is 38.6 Å². The standard InChI is InChI=1S/C15H23NS/c1-2-12-3-5-14(6-4-12)15(16)11-13-7-9-17-10-8-13/h3-6,13,15H,2,7-11,16H2,1H3. The number of hydrogen-bond donors (Lipinski definition) is 1. The minimum Gasteiger partial charge on any atom is -0.324 e. The van der Waals surface area contributed by atoms with Gasteiger partial charge in [-0.2, -0.15) is 11.8 Å². The van der Waals surface area contributed by atoms with Crippen molar-refractivity contribution in [2.75, 3.05) is 11.5 Å². The van der Waals surface area contributed by atoms with E-state index in [1.807, 2.05) is 0 Å². The van der Waals surface area contributed by atoms with Gasteiger partial charge in [0.15, 0.2) is 0 Å². The van der Waals surface area contributed by atoms with Crippen LogP contribution in [-0.4, -0.2) is 11.5 Å². The molecular formula is C15H23NS. The highest BCUT2D eigenvalue weighted by Gasteiger charge is 2.17. The van der Waals surface area contributed by atoms with E-state index < -0.39 is 0 Å². The highest BCUT2D eigenvalue weighted by atomic mass is 32.2. The zero-order chi connectivity index (χ0) is 12.1. The van der Waals surface area contributed by atoms with Crippen LogP contribution in [0.1, 0.15) is 43.4 Å². The van der Waals surface area contributed by atoms with Crippen LogP contribution in [0.4, 0.5) is 0 Å². The minimum atomic E-state index is 0.231. The fraction of sp³-hybridized carbons (Fsp3) is 0.600. The Hall–Kier alpha value is -0.470. The summed E-state index contributed by atoms with van der Waals surface area (Å²) >= 11 is 2.09. The first-order valence-electron chi connectivity index (χ1n) is 6.71. The molecule has 1 aromatic carbocycles. The van der Waals surface area contributed by atoms with Crippen molar-refractivity contribution in [3.05, 3.63) is 35.4 Å². The Morgan fingerprint density at radius 2 is 1.88 bits per heavy atom. The van der Waals surface area contributed by atoms with Crippen molar-refractivity contribution in [1.29, 1.82) is 0 Å². The van der Waals surface area contributed by atoms with E-state index in [-0.39, 0.29) is 6.04 Å². The average Bonchev–Trinajstić information content (AvgIpc) is 2.40. The van der Waals surface area contributed by atoms with Gasteiger partial charge in [-0.3, -0.25) is 0 Å². The van der Waals surface area contributed by atoms with E-state index in [4.69, 9.17) is 5.73 Å². The Labute approximate surface area is 109 Å². The topological polar surface area (TPSA) is 26.0 Å². The van der Waals surface area contributed by atoms with Crippen LogP contribution in [0.25, 0.3) is 0 Å². The first-order chi connectivity index (χ1) is 8.29. The number of benzene rings is 1. The molecule has 2 rings (SSSR count). The molecule has 1 heterocycles. The quantitative estimate of drug-likeness (QED) is 0.878. The highest BCUT2D eigenvalue weighted by Crippen LogP contribution is 2.29. The normalized spacial score (nSPS) is 19.2. The molecule has 0 spiro atoms. The number of rotatable bonds is 4. The van der Waals surface area contributed by atoms with Crippen LogP contribution in [0.2, 0.25) is 0 Å². The smallest absolute Gasteiger partial charge is 0.0297 e. The molecule has 94 valence electrons. The van der Waals surface area contributed by atoms with Gasteiger partial charge in [-0.25, -0.2) is 0 Å². The number of nitrogens with two attached hydrogens (primary N) is 1. The molecule has 1 atom stereocenters. The predicted octanol–water partition coefficient (Wildman–Crippen LogP) is 3.78. The third-order valence-electron chi connectivity index (χ3n) is 3.74. The van der Waals surface area contributed by atoms with Gasteiger partial charge in [0, 0.05) is 6.04 Å². The average molecular weight is 249 g/mol. The molecule has 17 heavy (non-hydrogen) atoms. The molecular weight excluding hydrogens is 226 g/mol. The number of thioether (sulfide) groups is 1. The first kappa shape index (κ1) is 13.0. The molecule has 0 radical (unpaired) electrons. The van der Waals surface area contributed by atoms with Crippen LogP contribution < -0.4 is 5.73 Å². The Morgan fingerprint density at radius 3 is 2.47 bits per heavy atom. The summed E-state index contributed by atoms with van der Waals surface area (Å²) in [5.41, 5.74) is 9.01. The van der Waals surface area contributed by atoms with Crippen LogP contribution >= 0.6 is 11.8 Å². The summed E-state index contributed by atoms with van der Waals surface area (Å²) in [5, 5.41) is 0. The van der Waals surface area contributed by atoms with E-state index in [1.165, 1.54) is 35.5 Å². The van der Waals surface area contributed by atoms with Gasteiger partial charge < -0.3 is 5.73 Å². The summed E-state index contributed by atoms with van der Waals surface area (Å²) in [7, 11) is 0. The van der Waals surface area contributed by atoms with Gasteiger partial charge >= 0.3 is 0 Å². The Bertz CT molecular complexity index is 327. The van der Waals surface area contributed by atoms with Gasteiger partial charge in [0.25, 0.3) is 0 Å². The van der Waals surface area contributed by atoms with Crippen LogP contribution in [-0.2, 0) is 6.42 Å². The summed E-state index contributed by atoms with van der Waals surface area (Å²) in [6.45, 7) is 2.19. The van der Waals surface area contributed by atoms with Crippen molar-refractivity contribution in [2.24, 2.45) is 11.7 Å². The maximum atomic E-state index is 6.31. The van der Waals surface area contributed by atoms with Crippen LogP contribution in [0.3, 0.4) is 0 Å². The molecule has 1 aromatic rings. The molecule has 2 heteroatoms. The SMILES string of the molecule is CCc1ccc(C(N)CC2CCSCC2)cc1. The van der Waals surface area contributed by atoms with E-state index in [0.29, 0.717) is 0 Å². The molecule has 1 saturated heterocycles. The van der Waals surface area contributed by atoms with Crippen molar-refractivity contribution in [3.63, 3.8) is 0 Å².